The summed E-state index contributed by atoms with van der Waals surface area (Å²) in [7, 11) is -4.25. The Hall–Kier alpha value is -3.21. The lowest BCUT2D eigenvalue weighted by atomic mass is 10.0. The number of hydrogen-bond acceptors (Lipinski definition) is 6. The van der Waals surface area contributed by atoms with Crippen LogP contribution in [0.2, 0.25) is 5.02 Å². The van der Waals surface area contributed by atoms with Gasteiger partial charge >= 0.3 is 0 Å². The van der Waals surface area contributed by atoms with Gasteiger partial charge in [-0.15, -0.1) is 0 Å². The first-order valence-corrected chi connectivity index (χ1v) is 12.7. The Morgan fingerprint density at radius 2 is 1.77 bits per heavy atom. The van der Waals surface area contributed by atoms with Crippen LogP contribution in [0.1, 0.15) is 29.8 Å². The molecule has 1 fully saturated rings. The van der Waals surface area contributed by atoms with Crippen LogP contribution in [-0.4, -0.2) is 39.5 Å². The van der Waals surface area contributed by atoms with E-state index in [1.165, 1.54) is 42.5 Å². The van der Waals surface area contributed by atoms with E-state index in [0.29, 0.717) is 17.8 Å². The molecule has 1 saturated heterocycles. The van der Waals surface area contributed by atoms with Crippen molar-refractivity contribution in [2.75, 3.05) is 22.7 Å². The second-order valence-electron chi connectivity index (χ2n) is 8.35. The number of hydrogen-bond donors (Lipinski definition) is 1. The van der Waals surface area contributed by atoms with E-state index in [9.17, 15) is 22.8 Å². The maximum Gasteiger partial charge on any atom is 0.262 e. The molecule has 2 atom stereocenters. The summed E-state index contributed by atoms with van der Waals surface area (Å²) >= 11 is 6.05. The molecule has 2 heterocycles. The summed E-state index contributed by atoms with van der Waals surface area (Å²) in [6.07, 6.45) is 2.13. The molecule has 4 rings (SSSR count). The molecule has 0 bridgehead atoms. The van der Waals surface area contributed by atoms with Crippen LogP contribution < -0.4 is 14.4 Å². The summed E-state index contributed by atoms with van der Waals surface area (Å²) in [4.78, 5) is 14.5. The van der Waals surface area contributed by atoms with Crippen LogP contribution in [0.4, 0.5) is 15.8 Å². The SMILES string of the molecule is C[C@@H]1CN(c2ccc(S(=O)(=O)Nc3ccc(Cl)cc3C(=O)c3cc[n+]([O-])cc3)cc2F)C[C@H](C)O1. The minimum Gasteiger partial charge on any atom is -0.619 e. The van der Waals surface area contributed by atoms with Crippen molar-refractivity contribution in [1.29, 1.82) is 0 Å². The third-order valence-electron chi connectivity index (χ3n) is 5.52. The van der Waals surface area contributed by atoms with Gasteiger partial charge in [-0.05, 0) is 50.2 Å². The molecule has 1 aromatic heterocycles. The Morgan fingerprint density at radius 3 is 2.40 bits per heavy atom. The van der Waals surface area contributed by atoms with Gasteiger partial charge in [0.25, 0.3) is 10.0 Å². The van der Waals surface area contributed by atoms with E-state index in [1.54, 1.807) is 0 Å². The number of nitrogens with zero attached hydrogens (tertiary/aromatic N) is 2. The fourth-order valence-corrected chi connectivity index (χ4v) is 5.27. The van der Waals surface area contributed by atoms with Gasteiger partial charge in [-0.3, -0.25) is 9.52 Å². The Morgan fingerprint density at radius 1 is 1.11 bits per heavy atom. The summed E-state index contributed by atoms with van der Waals surface area (Å²) in [5.41, 5.74) is 0.411. The number of carbonyl (C=O) groups excluding carboxylic acids is 1. The van der Waals surface area contributed by atoms with Crippen molar-refractivity contribution in [1.82, 2.24) is 0 Å². The number of ketones is 1. The highest BCUT2D eigenvalue weighted by atomic mass is 35.5. The fourth-order valence-electron chi connectivity index (χ4n) is 4.00. The van der Waals surface area contributed by atoms with Crippen molar-refractivity contribution in [3.63, 3.8) is 0 Å². The number of morpholine rings is 1. The zero-order chi connectivity index (χ0) is 25.3. The molecule has 0 radical (unpaired) electrons. The molecule has 1 N–H and O–H groups in total. The molecule has 0 aliphatic carbocycles. The minimum atomic E-state index is -4.25. The van der Waals surface area contributed by atoms with Gasteiger partial charge in [-0.25, -0.2) is 12.8 Å². The Labute approximate surface area is 207 Å². The molecular formula is C24H23ClFN3O5S. The first-order chi connectivity index (χ1) is 16.5. The highest BCUT2D eigenvalue weighted by Gasteiger charge is 2.26. The third-order valence-corrected chi connectivity index (χ3v) is 7.12. The summed E-state index contributed by atoms with van der Waals surface area (Å²) in [5, 5.41) is 11.5. The van der Waals surface area contributed by atoms with Crippen molar-refractivity contribution in [3.05, 3.63) is 88.1 Å². The predicted molar refractivity (Wildman–Crippen MR) is 130 cm³/mol. The average Bonchev–Trinajstić information content (AvgIpc) is 2.79. The molecule has 0 spiro atoms. The predicted octanol–water partition coefficient (Wildman–Crippen LogP) is 3.76. The second-order valence-corrected chi connectivity index (χ2v) is 10.5. The largest absolute Gasteiger partial charge is 0.619 e. The number of ether oxygens (including phenoxy) is 1. The van der Waals surface area contributed by atoms with Crippen molar-refractivity contribution in [3.8, 4) is 0 Å². The van der Waals surface area contributed by atoms with Crippen LogP contribution in [0, 0.1) is 11.0 Å². The van der Waals surface area contributed by atoms with Crippen LogP contribution in [0.15, 0.2) is 65.8 Å². The molecule has 1 aliphatic heterocycles. The minimum absolute atomic E-state index is 0.0156. The number of carbonyl (C=O) groups is 1. The Bertz CT molecular complexity index is 1360. The fraction of sp³-hybridized carbons (Fsp3) is 0.250. The Balaban J connectivity index is 1.63. The molecule has 0 amide bonds. The number of sulfonamides is 1. The monoisotopic (exact) mass is 519 g/mol. The van der Waals surface area contributed by atoms with Crippen LogP contribution in [0.3, 0.4) is 0 Å². The normalized spacial score (nSPS) is 18.3. The number of rotatable bonds is 6. The number of halogens is 2. The van der Waals surface area contributed by atoms with Crippen LogP contribution in [0.25, 0.3) is 0 Å². The number of pyridine rings is 1. The van der Waals surface area contributed by atoms with Gasteiger partial charge in [0.1, 0.15) is 5.82 Å². The van der Waals surface area contributed by atoms with Crippen molar-refractivity contribution in [2.24, 2.45) is 0 Å². The maximum atomic E-state index is 15.0. The second kappa shape index (κ2) is 9.80. The van der Waals surface area contributed by atoms with Crippen molar-refractivity contribution in [2.45, 2.75) is 31.0 Å². The lowest BCUT2D eigenvalue weighted by Gasteiger charge is -2.37. The number of nitrogens with one attached hydrogen (secondary N) is 1. The number of aromatic nitrogens is 1. The third kappa shape index (κ3) is 5.55. The zero-order valence-corrected chi connectivity index (χ0v) is 20.5. The number of benzene rings is 2. The molecule has 11 heteroatoms. The quantitative estimate of drug-likeness (QED) is 0.302. The van der Waals surface area contributed by atoms with Gasteiger partial charge in [0.15, 0.2) is 18.2 Å². The maximum absolute atomic E-state index is 15.0. The molecular weight excluding hydrogens is 497 g/mol. The average molecular weight is 520 g/mol. The standard InChI is InChI=1S/C24H23ClFN3O5S/c1-15-13-28(14-16(2)34-15)23-6-4-19(12-21(23)26)35(32,33)27-22-5-3-18(25)11-20(22)24(30)17-7-9-29(31)10-8-17/h3-12,15-16,27H,13-14H2,1-2H3/t15-,16+. The van der Waals surface area contributed by atoms with Crippen LogP contribution >= 0.6 is 11.6 Å². The van der Waals surface area contributed by atoms with E-state index in [-0.39, 0.29) is 44.6 Å². The first kappa shape index (κ1) is 24.9. The van der Waals surface area contributed by atoms with Gasteiger partial charge in [0.05, 0.1) is 28.5 Å². The van der Waals surface area contributed by atoms with Gasteiger partial charge < -0.3 is 14.8 Å². The van der Waals surface area contributed by atoms with E-state index < -0.39 is 21.6 Å². The molecule has 1 aliphatic rings. The topological polar surface area (TPSA) is 103 Å². The van der Waals surface area contributed by atoms with Crippen molar-refractivity contribution >= 4 is 38.8 Å². The first-order valence-electron chi connectivity index (χ1n) is 10.8. The molecule has 2 aromatic carbocycles. The van der Waals surface area contributed by atoms with Crippen LogP contribution in [0.5, 0.6) is 0 Å². The summed E-state index contributed by atoms with van der Waals surface area (Å²) < 4.78 is 49.7. The molecule has 3 aromatic rings. The van der Waals surface area contributed by atoms with Crippen LogP contribution in [-0.2, 0) is 14.8 Å². The highest BCUT2D eigenvalue weighted by Crippen LogP contribution is 2.29. The van der Waals surface area contributed by atoms with E-state index >= 15 is 0 Å². The molecule has 184 valence electrons. The van der Waals surface area contributed by atoms with E-state index in [1.807, 2.05) is 18.7 Å². The van der Waals surface area contributed by atoms with Gasteiger partial charge in [-0.2, -0.15) is 4.73 Å². The summed E-state index contributed by atoms with van der Waals surface area (Å²) in [5.74, 6) is -1.22. The van der Waals surface area contributed by atoms with E-state index in [2.05, 4.69) is 4.72 Å². The smallest absolute Gasteiger partial charge is 0.262 e. The van der Waals surface area contributed by atoms with E-state index in [4.69, 9.17) is 16.3 Å². The number of anilines is 2. The summed E-state index contributed by atoms with van der Waals surface area (Å²) in [6.45, 7) is 4.74. The Kier molecular flexibility index (Phi) is 6.98. The lowest BCUT2D eigenvalue weighted by molar-refractivity contribution is -0.605. The molecule has 0 unspecified atom stereocenters. The van der Waals surface area contributed by atoms with Crippen molar-refractivity contribution < 1.29 is 27.1 Å². The summed E-state index contributed by atoms with van der Waals surface area (Å²) in [6, 6.07) is 10.4. The van der Waals surface area contributed by atoms with Gasteiger partial charge in [-0.1, -0.05) is 11.6 Å². The van der Waals surface area contributed by atoms with Gasteiger partial charge in [0.2, 0.25) is 0 Å². The van der Waals surface area contributed by atoms with Gasteiger partial charge in [0, 0.05) is 41.4 Å². The highest BCUT2D eigenvalue weighted by molar-refractivity contribution is 7.92. The van der Waals surface area contributed by atoms with E-state index in [0.717, 1.165) is 18.5 Å². The lowest BCUT2D eigenvalue weighted by Crippen LogP contribution is -2.45. The molecule has 8 nitrogen and oxygen atoms in total. The molecule has 35 heavy (non-hydrogen) atoms. The zero-order valence-electron chi connectivity index (χ0n) is 18.9. The molecule has 0 saturated carbocycles.